The molecule has 2 saturated heterocycles. The summed E-state index contributed by atoms with van der Waals surface area (Å²) in [7, 11) is 0. The Hall–Kier alpha value is -2.33. The molecule has 2 fully saturated rings. The lowest BCUT2D eigenvalue weighted by Gasteiger charge is -2.32. The van der Waals surface area contributed by atoms with Crippen LogP contribution >= 0.6 is 0 Å². The second kappa shape index (κ2) is 10.1. The molecule has 30 heavy (non-hydrogen) atoms. The Morgan fingerprint density at radius 1 is 0.900 bits per heavy atom. The van der Waals surface area contributed by atoms with E-state index in [9.17, 15) is 4.79 Å². The maximum absolute atomic E-state index is 12.5. The summed E-state index contributed by atoms with van der Waals surface area (Å²) in [5.74, 6) is 0.578. The minimum absolute atomic E-state index is 0.0861. The third kappa shape index (κ3) is 5.63. The van der Waals surface area contributed by atoms with Gasteiger partial charge in [-0.1, -0.05) is 54.1 Å². The van der Waals surface area contributed by atoms with E-state index < -0.39 is 0 Å². The molecule has 160 valence electrons. The van der Waals surface area contributed by atoms with Gasteiger partial charge < -0.3 is 10.2 Å². The molecule has 0 radical (unpaired) electrons. The van der Waals surface area contributed by atoms with Crippen LogP contribution in [0.5, 0.6) is 0 Å². The van der Waals surface area contributed by atoms with Crippen LogP contribution in [0.15, 0.2) is 48.5 Å². The molecule has 0 spiro atoms. The topological polar surface area (TPSA) is 35.6 Å². The average Bonchev–Trinajstić information content (AvgIpc) is 3.29. The van der Waals surface area contributed by atoms with Crippen LogP contribution in [0, 0.1) is 6.92 Å². The summed E-state index contributed by atoms with van der Waals surface area (Å²) >= 11 is 0. The van der Waals surface area contributed by atoms with E-state index >= 15 is 0 Å². The zero-order valence-corrected chi connectivity index (χ0v) is 18.3. The molecule has 4 rings (SSSR count). The summed E-state index contributed by atoms with van der Waals surface area (Å²) in [6.07, 6.45) is 5.66. The fourth-order valence-electron chi connectivity index (χ4n) is 4.69. The van der Waals surface area contributed by atoms with Gasteiger partial charge >= 0.3 is 6.03 Å². The number of likely N-dealkylation sites (tertiary alicyclic amines) is 2. The van der Waals surface area contributed by atoms with Crippen LogP contribution in [0.25, 0.3) is 0 Å². The SMILES string of the molecule is Cc1ccc(C2CCN(C(=O)NCCc3ccc(CN4CCCC4)cc3)CC2)cc1. The lowest BCUT2D eigenvalue weighted by Crippen LogP contribution is -2.44. The maximum Gasteiger partial charge on any atom is 0.317 e. The van der Waals surface area contributed by atoms with Gasteiger partial charge in [0.1, 0.15) is 0 Å². The van der Waals surface area contributed by atoms with E-state index in [1.165, 1.54) is 48.2 Å². The van der Waals surface area contributed by atoms with Gasteiger partial charge in [0.2, 0.25) is 0 Å². The predicted molar refractivity (Wildman–Crippen MR) is 123 cm³/mol. The van der Waals surface area contributed by atoms with Crippen molar-refractivity contribution in [3.63, 3.8) is 0 Å². The number of hydrogen-bond donors (Lipinski definition) is 1. The summed E-state index contributed by atoms with van der Waals surface area (Å²) in [4.78, 5) is 17.0. The number of aryl methyl sites for hydroxylation is 1. The molecule has 0 saturated carbocycles. The molecule has 0 aromatic heterocycles. The molecule has 0 atom stereocenters. The van der Waals surface area contributed by atoms with Crippen molar-refractivity contribution >= 4 is 6.03 Å². The van der Waals surface area contributed by atoms with Gasteiger partial charge in [-0.3, -0.25) is 4.90 Å². The van der Waals surface area contributed by atoms with Gasteiger partial charge in [0.05, 0.1) is 0 Å². The van der Waals surface area contributed by atoms with E-state index in [-0.39, 0.29) is 6.03 Å². The number of benzene rings is 2. The number of rotatable bonds is 6. The van der Waals surface area contributed by atoms with Crippen molar-refractivity contribution in [1.82, 2.24) is 15.1 Å². The Kier molecular flexibility index (Phi) is 7.06. The Balaban J connectivity index is 1.16. The van der Waals surface area contributed by atoms with E-state index in [4.69, 9.17) is 0 Å². The van der Waals surface area contributed by atoms with Crippen LogP contribution in [0.2, 0.25) is 0 Å². The van der Waals surface area contributed by atoms with E-state index in [1.54, 1.807) is 0 Å². The highest BCUT2D eigenvalue weighted by atomic mass is 16.2. The van der Waals surface area contributed by atoms with Crippen molar-refractivity contribution in [2.45, 2.75) is 51.5 Å². The van der Waals surface area contributed by atoms with Crippen LogP contribution < -0.4 is 5.32 Å². The normalized spacial score (nSPS) is 18.0. The van der Waals surface area contributed by atoms with Crippen LogP contribution in [-0.4, -0.2) is 48.6 Å². The molecule has 2 aromatic carbocycles. The molecule has 0 aliphatic carbocycles. The van der Waals surface area contributed by atoms with Crippen LogP contribution in [-0.2, 0) is 13.0 Å². The number of amides is 2. The highest BCUT2D eigenvalue weighted by Crippen LogP contribution is 2.28. The minimum Gasteiger partial charge on any atom is -0.338 e. The predicted octanol–water partition coefficient (Wildman–Crippen LogP) is 4.72. The third-order valence-corrected chi connectivity index (χ3v) is 6.65. The highest BCUT2D eigenvalue weighted by molar-refractivity contribution is 5.74. The maximum atomic E-state index is 12.5. The average molecular weight is 406 g/mol. The molecule has 1 N–H and O–H groups in total. The second-order valence-corrected chi connectivity index (χ2v) is 8.95. The van der Waals surface area contributed by atoms with Gasteiger partial charge in [0.15, 0.2) is 0 Å². The number of carbonyl (C=O) groups is 1. The number of hydrogen-bond acceptors (Lipinski definition) is 2. The zero-order chi connectivity index (χ0) is 20.8. The standard InChI is InChI=1S/C26H35N3O/c1-21-4-10-24(11-5-21)25-13-18-29(19-14-25)26(30)27-15-12-22-6-8-23(9-7-22)20-28-16-2-3-17-28/h4-11,25H,2-3,12-20H2,1H3,(H,27,30). The van der Waals surface area contributed by atoms with Gasteiger partial charge in [0, 0.05) is 26.2 Å². The number of piperidine rings is 1. The fraction of sp³-hybridized carbons (Fsp3) is 0.500. The molecule has 2 aliphatic rings. The molecular formula is C26H35N3O. The Morgan fingerprint density at radius 2 is 1.53 bits per heavy atom. The fourth-order valence-corrected chi connectivity index (χ4v) is 4.69. The molecule has 2 aliphatic heterocycles. The first kappa shape index (κ1) is 20.9. The smallest absolute Gasteiger partial charge is 0.317 e. The quantitative estimate of drug-likeness (QED) is 0.755. The molecule has 2 amide bonds. The van der Waals surface area contributed by atoms with Crippen molar-refractivity contribution in [3.8, 4) is 0 Å². The monoisotopic (exact) mass is 405 g/mol. The summed E-state index contributed by atoms with van der Waals surface area (Å²) in [5.41, 5.74) is 5.39. The lowest BCUT2D eigenvalue weighted by atomic mass is 9.89. The zero-order valence-electron chi connectivity index (χ0n) is 18.3. The number of urea groups is 1. The number of nitrogens with one attached hydrogen (secondary N) is 1. The van der Waals surface area contributed by atoms with Crippen molar-refractivity contribution in [2.75, 3.05) is 32.7 Å². The Morgan fingerprint density at radius 3 is 2.20 bits per heavy atom. The van der Waals surface area contributed by atoms with Crippen molar-refractivity contribution in [2.24, 2.45) is 0 Å². The molecule has 0 bridgehead atoms. The first-order valence-electron chi connectivity index (χ1n) is 11.6. The summed E-state index contributed by atoms with van der Waals surface area (Å²) in [5, 5.41) is 3.12. The second-order valence-electron chi connectivity index (χ2n) is 8.95. The summed E-state index contributed by atoms with van der Waals surface area (Å²) in [6.45, 7) is 8.04. The van der Waals surface area contributed by atoms with Crippen molar-refractivity contribution in [3.05, 3.63) is 70.8 Å². The van der Waals surface area contributed by atoms with Crippen LogP contribution in [0.1, 0.15) is 53.9 Å². The lowest BCUT2D eigenvalue weighted by molar-refractivity contribution is 0.181. The van der Waals surface area contributed by atoms with Gasteiger partial charge in [-0.05, 0) is 74.7 Å². The minimum atomic E-state index is 0.0861. The van der Waals surface area contributed by atoms with Gasteiger partial charge in [-0.2, -0.15) is 0 Å². The van der Waals surface area contributed by atoms with Crippen molar-refractivity contribution in [1.29, 1.82) is 0 Å². The Labute approximate surface area is 181 Å². The first-order chi connectivity index (χ1) is 14.7. The van der Waals surface area contributed by atoms with Crippen LogP contribution in [0.3, 0.4) is 0 Å². The first-order valence-corrected chi connectivity index (χ1v) is 11.6. The van der Waals surface area contributed by atoms with Gasteiger partial charge in [-0.25, -0.2) is 4.79 Å². The van der Waals surface area contributed by atoms with E-state index in [2.05, 4.69) is 65.7 Å². The van der Waals surface area contributed by atoms with E-state index in [1.807, 2.05) is 4.90 Å². The molecule has 4 nitrogen and oxygen atoms in total. The third-order valence-electron chi connectivity index (χ3n) is 6.65. The van der Waals surface area contributed by atoms with E-state index in [0.717, 1.165) is 38.9 Å². The van der Waals surface area contributed by atoms with E-state index in [0.29, 0.717) is 12.5 Å². The molecule has 0 unspecified atom stereocenters. The highest BCUT2D eigenvalue weighted by Gasteiger charge is 2.23. The number of nitrogens with zero attached hydrogens (tertiary/aromatic N) is 2. The molecule has 2 heterocycles. The van der Waals surface area contributed by atoms with Crippen molar-refractivity contribution < 1.29 is 4.79 Å². The molecular weight excluding hydrogens is 370 g/mol. The Bertz CT molecular complexity index is 801. The van der Waals surface area contributed by atoms with Crippen LogP contribution in [0.4, 0.5) is 4.79 Å². The molecule has 2 aromatic rings. The number of carbonyl (C=O) groups excluding carboxylic acids is 1. The summed E-state index contributed by atoms with van der Waals surface area (Å²) in [6, 6.07) is 17.9. The molecule has 4 heteroatoms. The largest absolute Gasteiger partial charge is 0.338 e. The van der Waals surface area contributed by atoms with Gasteiger partial charge in [-0.15, -0.1) is 0 Å². The van der Waals surface area contributed by atoms with Gasteiger partial charge in [0.25, 0.3) is 0 Å². The summed E-state index contributed by atoms with van der Waals surface area (Å²) < 4.78 is 0.